The van der Waals surface area contributed by atoms with E-state index in [0.29, 0.717) is 18.4 Å². The first-order chi connectivity index (χ1) is 10.8. The third kappa shape index (κ3) is 4.31. The average molecular weight is 322 g/mol. The molecule has 5 heteroatoms. The van der Waals surface area contributed by atoms with Crippen molar-refractivity contribution in [3.63, 3.8) is 0 Å². The lowest BCUT2D eigenvalue weighted by molar-refractivity contribution is -0.133. The van der Waals surface area contributed by atoms with Crippen molar-refractivity contribution in [3.8, 4) is 0 Å². The molecular formula is C17H26N2O2S. The van der Waals surface area contributed by atoms with Gasteiger partial charge in [-0.15, -0.1) is 0 Å². The van der Waals surface area contributed by atoms with E-state index in [9.17, 15) is 4.79 Å². The Morgan fingerprint density at radius 3 is 2.86 bits per heavy atom. The summed E-state index contributed by atoms with van der Waals surface area (Å²) in [6.45, 7) is 5.61. The van der Waals surface area contributed by atoms with Crippen LogP contribution in [0, 0.1) is 0 Å². The summed E-state index contributed by atoms with van der Waals surface area (Å²) in [6.07, 6.45) is 5.35. The van der Waals surface area contributed by atoms with E-state index < -0.39 is 0 Å². The second kappa shape index (κ2) is 8.09. The van der Waals surface area contributed by atoms with Crippen molar-refractivity contribution < 1.29 is 9.53 Å². The van der Waals surface area contributed by atoms with Crippen molar-refractivity contribution in [3.05, 3.63) is 22.4 Å². The zero-order valence-electron chi connectivity index (χ0n) is 13.2. The summed E-state index contributed by atoms with van der Waals surface area (Å²) in [4.78, 5) is 17.4. The Morgan fingerprint density at radius 1 is 1.23 bits per heavy atom. The number of nitrogens with zero attached hydrogens (tertiary/aromatic N) is 2. The number of ether oxygens (including phenoxy) is 1. The van der Waals surface area contributed by atoms with Crippen LogP contribution >= 0.6 is 11.3 Å². The fourth-order valence-corrected chi connectivity index (χ4v) is 4.12. The molecular weight excluding hydrogens is 296 g/mol. The molecule has 2 aliphatic heterocycles. The van der Waals surface area contributed by atoms with Crippen LogP contribution < -0.4 is 0 Å². The normalized spacial score (nSPS) is 24.2. The summed E-state index contributed by atoms with van der Waals surface area (Å²) in [5.74, 6) is 0.304. The molecule has 0 aromatic carbocycles. The van der Waals surface area contributed by atoms with Gasteiger partial charge in [-0.25, -0.2) is 0 Å². The highest BCUT2D eigenvalue weighted by atomic mass is 32.1. The van der Waals surface area contributed by atoms with Crippen LogP contribution in [0.25, 0.3) is 0 Å². The lowest BCUT2D eigenvalue weighted by atomic mass is 10.1. The number of hydrogen-bond donors (Lipinski definition) is 0. The Balaban J connectivity index is 1.62. The summed E-state index contributed by atoms with van der Waals surface area (Å²) < 4.78 is 5.44. The molecule has 1 unspecified atom stereocenters. The highest BCUT2D eigenvalue weighted by Gasteiger charge is 2.27. The third-order valence-electron chi connectivity index (χ3n) is 4.71. The van der Waals surface area contributed by atoms with Gasteiger partial charge in [0.25, 0.3) is 0 Å². The molecule has 0 radical (unpaired) electrons. The van der Waals surface area contributed by atoms with Gasteiger partial charge >= 0.3 is 0 Å². The van der Waals surface area contributed by atoms with E-state index in [1.807, 2.05) is 0 Å². The van der Waals surface area contributed by atoms with Crippen LogP contribution in [0.4, 0.5) is 0 Å². The number of rotatable bonds is 4. The van der Waals surface area contributed by atoms with Gasteiger partial charge in [-0.3, -0.25) is 9.69 Å². The van der Waals surface area contributed by atoms with Gasteiger partial charge in [-0.1, -0.05) is 12.8 Å². The van der Waals surface area contributed by atoms with Crippen LogP contribution in [-0.2, 0) is 16.0 Å². The SMILES string of the molecule is O=C(Cc1ccsc1)N1CCCCCC1CN1CCOCC1. The molecule has 0 N–H and O–H groups in total. The molecule has 122 valence electrons. The molecule has 3 heterocycles. The fourth-order valence-electron chi connectivity index (χ4n) is 3.45. The molecule has 4 nitrogen and oxygen atoms in total. The van der Waals surface area contributed by atoms with Crippen molar-refractivity contribution in [2.24, 2.45) is 0 Å². The second-order valence-electron chi connectivity index (χ2n) is 6.31. The predicted molar refractivity (Wildman–Crippen MR) is 89.3 cm³/mol. The van der Waals surface area contributed by atoms with E-state index in [0.717, 1.165) is 57.8 Å². The molecule has 0 bridgehead atoms. The lowest BCUT2D eigenvalue weighted by Gasteiger charge is -2.36. The van der Waals surface area contributed by atoms with Crippen LogP contribution in [0.15, 0.2) is 16.8 Å². The molecule has 3 rings (SSSR count). The Morgan fingerprint density at radius 2 is 2.09 bits per heavy atom. The summed E-state index contributed by atoms with van der Waals surface area (Å²) in [6, 6.07) is 2.45. The van der Waals surface area contributed by atoms with Gasteiger partial charge in [0.15, 0.2) is 0 Å². The summed E-state index contributed by atoms with van der Waals surface area (Å²) in [5, 5.41) is 4.14. The Labute approximate surface area is 137 Å². The van der Waals surface area contributed by atoms with E-state index in [4.69, 9.17) is 4.74 Å². The maximum absolute atomic E-state index is 12.8. The molecule has 1 atom stereocenters. The Bertz CT molecular complexity index is 457. The van der Waals surface area contributed by atoms with Gasteiger partial charge in [0.05, 0.1) is 19.6 Å². The molecule has 2 fully saturated rings. The summed E-state index contributed by atoms with van der Waals surface area (Å²) >= 11 is 1.67. The van der Waals surface area contributed by atoms with Crippen molar-refractivity contribution in [2.45, 2.75) is 38.1 Å². The summed E-state index contributed by atoms with van der Waals surface area (Å²) in [7, 11) is 0. The Kier molecular flexibility index (Phi) is 5.87. The van der Waals surface area contributed by atoms with Gasteiger partial charge in [0.2, 0.25) is 5.91 Å². The van der Waals surface area contributed by atoms with Crippen LogP contribution in [0.1, 0.15) is 31.2 Å². The first-order valence-electron chi connectivity index (χ1n) is 8.43. The van der Waals surface area contributed by atoms with Gasteiger partial charge in [0, 0.05) is 32.2 Å². The van der Waals surface area contributed by atoms with E-state index >= 15 is 0 Å². The lowest BCUT2D eigenvalue weighted by Crippen LogP contribution is -2.49. The van der Waals surface area contributed by atoms with Gasteiger partial charge < -0.3 is 9.64 Å². The molecule has 1 amide bonds. The quantitative estimate of drug-likeness (QED) is 0.853. The van der Waals surface area contributed by atoms with Crippen LogP contribution in [-0.4, -0.2) is 61.1 Å². The monoisotopic (exact) mass is 322 g/mol. The van der Waals surface area contributed by atoms with Crippen LogP contribution in [0.2, 0.25) is 0 Å². The van der Waals surface area contributed by atoms with E-state index in [1.54, 1.807) is 11.3 Å². The van der Waals surface area contributed by atoms with E-state index in [-0.39, 0.29) is 0 Å². The maximum Gasteiger partial charge on any atom is 0.227 e. The van der Waals surface area contributed by atoms with Crippen molar-refractivity contribution in [1.29, 1.82) is 0 Å². The Hall–Kier alpha value is -0.910. The van der Waals surface area contributed by atoms with Gasteiger partial charge in [-0.05, 0) is 35.2 Å². The second-order valence-corrected chi connectivity index (χ2v) is 7.09. The van der Waals surface area contributed by atoms with E-state index in [2.05, 4.69) is 26.6 Å². The van der Waals surface area contributed by atoms with Crippen LogP contribution in [0.3, 0.4) is 0 Å². The highest BCUT2D eigenvalue weighted by molar-refractivity contribution is 7.07. The van der Waals surface area contributed by atoms with Crippen molar-refractivity contribution >= 4 is 17.2 Å². The molecule has 1 aromatic rings. The number of carbonyl (C=O) groups is 1. The van der Waals surface area contributed by atoms with Crippen molar-refractivity contribution in [2.75, 3.05) is 39.4 Å². The first-order valence-corrected chi connectivity index (χ1v) is 9.38. The standard InChI is InChI=1S/C17H26N2O2S/c20-17(12-15-5-11-22-14-15)19-6-3-1-2-4-16(19)13-18-7-9-21-10-8-18/h5,11,14,16H,1-4,6-10,12-13H2. The predicted octanol–water partition coefficient (Wildman–Crippen LogP) is 2.39. The van der Waals surface area contributed by atoms with E-state index in [1.165, 1.54) is 12.8 Å². The number of likely N-dealkylation sites (tertiary alicyclic amines) is 1. The van der Waals surface area contributed by atoms with Gasteiger partial charge in [-0.2, -0.15) is 11.3 Å². The minimum atomic E-state index is 0.304. The maximum atomic E-state index is 12.8. The molecule has 2 aliphatic rings. The molecule has 1 aromatic heterocycles. The minimum absolute atomic E-state index is 0.304. The number of thiophene rings is 1. The number of carbonyl (C=O) groups excluding carboxylic acids is 1. The number of morpholine rings is 1. The topological polar surface area (TPSA) is 32.8 Å². The largest absolute Gasteiger partial charge is 0.379 e. The highest BCUT2D eigenvalue weighted by Crippen LogP contribution is 2.20. The van der Waals surface area contributed by atoms with Crippen molar-refractivity contribution in [1.82, 2.24) is 9.80 Å². The van der Waals surface area contributed by atoms with Gasteiger partial charge in [0.1, 0.15) is 0 Å². The first kappa shape index (κ1) is 16.0. The molecule has 22 heavy (non-hydrogen) atoms. The minimum Gasteiger partial charge on any atom is -0.379 e. The zero-order chi connectivity index (χ0) is 15.2. The average Bonchev–Trinajstić information content (AvgIpc) is 2.93. The zero-order valence-corrected chi connectivity index (χ0v) is 14.0. The summed E-state index contributed by atoms with van der Waals surface area (Å²) in [5.41, 5.74) is 1.16. The smallest absolute Gasteiger partial charge is 0.227 e. The third-order valence-corrected chi connectivity index (χ3v) is 5.44. The molecule has 2 saturated heterocycles. The molecule has 0 saturated carbocycles. The molecule has 0 spiro atoms. The van der Waals surface area contributed by atoms with Crippen LogP contribution in [0.5, 0.6) is 0 Å². The molecule has 0 aliphatic carbocycles. The number of amides is 1. The number of hydrogen-bond acceptors (Lipinski definition) is 4. The fraction of sp³-hybridized carbons (Fsp3) is 0.706.